The lowest BCUT2D eigenvalue weighted by atomic mass is 9.98. The first kappa shape index (κ1) is 15.3. The molecule has 1 aromatic heterocycles. The maximum absolute atomic E-state index is 12.4. The minimum absolute atomic E-state index is 0.0663. The normalized spacial score (nSPS) is 11.1. The van der Waals surface area contributed by atoms with Gasteiger partial charge in [0.05, 0.1) is 5.56 Å². The lowest BCUT2D eigenvalue weighted by Gasteiger charge is -2.07. The molecule has 0 saturated heterocycles. The van der Waals surface area contributed by atoms with Crippen molar-refractivity contribution in [3.05, 3.63) is 65.4 Å². The van der Waals surface area contributed by atoms with E-state index < -0.39 is 0 Å². The van der Waals surface area contributed by atoms with Gasteiger partial charge in [-0.25, -0.2) is 0 Å². The van der Waals surface area contributed by atoms with Crippen LogP contribution >= 0.6 is 0 Å². The fourth-order valence-corrected chi connectivity index (χ4v) is 2.62. The Morgan fingerprint density at radius 1 is 1.13 bits per heavy atom. The van der Waals surface area contributed by atoms with Crippen molar-refractivity contribution in [3.8, 4) is 5.75 Å². The fourth-order valence-electron chi connectivity index (χ4n) is 2.62. The number of carbonyl (C=O) groups excluding carboxylic acids is 1. The van der Waals surface area contributed by atoms with E-state index in [-0.39, 0.29) is 11.7 Å². The molecule has 3 aromatic rings. The van der Waals surface area contributed by atoms with Crippen molar-refractivity contribution in [3.63, 3.8) is 0 Å². The molecule has 0 aliphatic heterocycles. The highest BCUT2D eigenvalue weighted by Gasteiger charge is 2.20. The molecule has 0 radical (unpaired) electrons. The third-order valence-electron chi connectivity index (χ3n) is 3.85. The molecule has 0 saturated carbocycles. The Bertz CT molecular complexity index is 829. The van der Waals surface area contributed by atoms with Gasteiger partial charge in [0.25, 0.3) is 0 Å². The van der Waals surface area contributed by atoms with Crippen LogP contribution in [0, 0.1) is 12.8 Å². The predicted molar refractivity (Wildman–Crippen MR) is 90.9 cm³/mol. The van der Waals surface area contributed by atoms with Gasteiger partial charge >= 0.3 is 0 Å². The molecule has 0 spiro atoms. The molecule has 0 aliphatic carbocycles. The van der Waals surface area contributed by atoms with E-state index >= 15 is 0 Å². The van der Waals surface area contributed by atoms with Gasteiger partial charge in [0, 0.05) is 11.3 Å². The van der Waals surface area contributed by atoms with Crippen molar-refractivity contribution in [2.24, 2.45) is 5.92 Å². The Kier molecular flexibility index (Phi) is 4.20. The molecule has 0 aliphatic rings. The molecule has 2 aromatic carbocycles. The van der Waals surface area contributed by atoms with Crippen LogP contribution in [0.5, 0.6) is 5.75 Å². The second-order valence-electron chi connectivity index (χ2n) is 5.98. The summed E-state index contributed by atoms with van der Waals surface area (Å²) in [4.78, 5) is 12.4. The number of carbonyl (C=O) groups is 1. The number of ketones is 1. The molecule has 0 N–H and O–H groups in total. The lowest BCUT2D eigenvalue weighted by molar-refractivity contribution is 0.0939. The first-order valence-corrected chi connectivity index (χ1v) is 7.80. The van der Waals surface area contributed by atoms with Crippen LogP contribution in [0.3, 0.4) is 0 Å². The van der Waals surface area contributed by atoms with E-state index in [0.29, 0.717) is 17.9 Å². The molecule has 0 bridgehead atoms. The summed E-state index contributed by atoms with van der Waals surface area (Å²) in [6.45, 7) is 6.13. The molecule has 3 heteroatoms. The van der Waals surface area contributed by atoms with Crippen LogP contribution in [0.2, 0.25) is 0 Å². The summed E-state index contributed by atoms with van der Waals surface area (Å²) < 4.78 is 11.6. The van der Waals surface area contributed by atoms with Gasteiger partial charge in [0.15, 0.2) is 5.78 Å². The molecule has 0 atom stereocenters. The van der Waals surface area contributed by atoms with Gasteiger partial charge in [-0.1, -0.05) is 44.2 Å². The van der Waals surface area contributed by atoms with Crippen LogP contribution in [-0.4, -0.2) is 5.78 Å². The number of fused-ring (bicyclic) bond motifs is 1. The Morgan fingerprint density at radius 3 is 2.57 bits per heavy atom. The summed E-state index contributed by atoms with van der Waals surface area (Å²) in [6.07, 6.45) is 0. The van der Waals surface area contributed by atoms with E-state index in [1.54, 1.807) is 0 Å². The Balaban J connectivity index is 1.91. The molecule has 3 rings (SSSR count). The van der Waals surface area contributed by atoms with Crippen LogP contribution < -0.4 is 4.74 Å². The minimum atomic E-state index is -0.0663. The highest BCUT2D eigenvalue weighted by molar-refractivity contribution is 6.09. The molecule has 0 fully saturated rings. The van der Waals surface area contributed by atoms with E-state index in [0.717, 1.165) is 22.3 Å². The number of hydrogen-bond donors (Lipinski definition) is 0. The molecular weight excluding hydrogens is 288 g/mol. The van der Waals surface area contributed by atoms with Crippen LogP contribution in [0.15, 0.2) is 52.9 Å². The average Bonchev–Trinajstić information content (AvgIpc) is 2.88. The number of aryl methyl sites for hydroxylation is 1. The number of ether oxygens (including phenoxy) is 1. The number of rotatable bonds is 5. The van der Waals surface area contributed by atoms with Crippen molar-refractivity contribution >= 4 is 16.8 Å². The fraction of sp³-hybridized carbons (Fsp3) is 0.250. The summed E-state index contributed by atoms with van der Waals surface area (Å²) in [7, 11) is 0. The van der Waals surface area contributed by atoms with E-state index in [1.807, 2.05) is 69.3 Å². The standard InChI is InChI=1S/C20H20O3/c1-13(2)20(21)19-14(3)23-18-10-9-16(11-17(18)19)22-12-15-7-5-4-6-8-15/h4-11,13H,12H2,1-3H3. The van der Waals surface area contributed by atoms with Gasteiger partial charge < -0.3 is 9.15 Å². The van der Waals surface area contributed by atoms with Crippen molar-refractivity contribution in [1.29, 1.82) is 0 Å². The summed E-state index contributed by atoms with van der Waals surface area (Å²) in [5.74, 6) is 1.43. The largest absolute Gasteiger partial charge is 0.489 e. The number of benzene rings is 2. The Morgan fingerprint density at radius 2 is 1.87 bits per heavy atom. The smallest absolute Gasteiger partial charge is 0.169 e. The van der Waals surface area contributed by atoms with Crippen LogP contribution in [0.25, 0.3) is 11.0 Å². The second kappa shape index (κ2) is 6.29. The lowest BCUT2D eigenvalue weighted by Crippen LogP contribution is -2.08. The predicted octanol–water partition coefficient (Wildman–Crippen LogP) is 5.16. The van der Waals surface area contributed by atoms with Crippen LogP contribution in [-0.2, 0) is 6.61 Å². The zero-order chi connectivity index (χ0) is 16.4. The summed E-state index contributed by atoms with van der Waals surface area (Å²) in [6, 6.07) is 15.6. The van der Waals surface area contributed by atoms with Crippen molar-refractivity contribution in [2.45, 2.75) is 27.4 Å². The van der Waals surface area contributed by atoms with Gasteiger partial charge in [-0.3, -0.25) is 4.79 Å². The maximum Gasteiger partial charge on any atom is 0.169 e. The quantitative estimate of drug-likeness (QED) is 0.611. The Labute approximate surface area is 135 Å². The van der Waals surface area contributed by atoms with Crippen LogP contribution in [0.1, 0.15) is 35.5 Å². The van der Waals surface area contributed by atoms with Crippen molar-refractivity contribution < 1.29 is 13.9 Å². The highest BCUT2D eigenvalue weighted by Crippen LogP contribution is 2.31. The number of furan rings is 1. The van der Waals surface area contributed by atoms with E-state index in [1.165, 1.54) is 0 Å². The van der Waals surface area contributed by atoms with Gasteiger partial charge in [-0.15, -0.1) is 0 Å². The van der Waals surface area contributed by atoms with Gasteiger partial charge in [-0.2, -0.15) is 0 Å². The van der Waals surface area contributed by atoms with Crippen molar-refractivity contribution in [1.82, 2.24) is 0 Å². The van der Waals surface area contributed by atoms with Gasteiger partial charge in [0.1, 0.15) is 23.7 Å². The molecular formula is C20H20O3. The number of hydrogen-bond acceptors (Lipinski definition) is 3. The topological polar surface area (TPSA) is 39.4 Å². The molecule has 3 nitrogen and oxygen atoms in total. The molecule has 1 heterocycles. The first-order valence-electron chi connectivity index (χ1n) is 7.80. The monoisotopic (exact) mass is 308 g/mol. The summed E-state index contributed by atoms with van der Waals surface area (Å²) >= 11 is 0. The van der Waals surface area contributed by atoms with E-state index in [2.05, 4.69) is 0 Å². The van der Waals surface area contributed by atoms with Crippen LogP contribution in [0.4, 0.5) is 0 Å². The van der Waals surface area contributed by atoms with E-state index in [9.17, 15) is 4.79 Å². The molecule has 0 amide bonds. The summed E-state index contributed by atoms with van der Waals surface area (Å²) in [5, 5.41) is 0.826. The van der Waals surface area contributed by atoms with Gasteiger partial charge in [0.2, 0.25) is 0 Å². The second-order valence-corrected chi connectivity index (χ2v) is 5.98. The Hall–Kier alpha value is -2.55. The SMILES string of the molecule is Cc1oc2ccc(OCc3ccccc3)cc2c1C(=O)C(C)C. The third-order valence-corrected chi connectivity index (χ3v) is 3.85. The highest BCUT2D eigenvalue weighted by atomic mass is 16.5. The van der Waals surface area contributed by atoms with E-state index in [4.69, 9.17) is 9.15 Å². The van der Waals surface area contributed by atoms with Gasteiger partial charge in [-0.05, 0) is 30.7 Å². The minimum Gasteiger partial charge on any atom is -0.489 e. The van der Waals surface area contributed by atoms with Crippen molar-refractivity contribution in [2.75, 3.05) is 0 Å². The first-order chi connectivity index (χ1) is 11.1. The average molecular weight is 308 g/mol. The molecule has 118 valence electrons. The maximum atomic E-state index is 12.4. The molecule has 23 heavy (non-hydrogen) atoms. The zero-order valence-electron chi connectivity index (χ0n) is 13.6. The number of Topliss-reactive ketones (excluding diaryl/α,β-unsaturated/α-hetero) is 1. The zero-order valence-corrected chi connectivity index (χ0v) is 13.6. The third kappa shape index (κ3) is 3.14. The summed E-state index contributed by atoms with van der Waals surface area (Å²) in [5.41, 5.74) is 2.49. The molecule has 0 unspecified atom stereocenters.